The number of carbonyl (C=O) groups is 2. The Morgan fingerprint density at radius 1 is 1.29 bits per heavy atom. The van der Waals surface area contributed by atoms with Gasteiger partial charge in [-0.15, -0.1) is 0 Å². The van der Waals surface area contributed by atoms with Gasteiger partial charge in [0.05, 0.1) is 23.4 Å². The molecule has 1 aromatic heterocycles. The van der Waals surface area contributed by atoms with E-state index in [1.165, 1.54) is 6.20 Å². The van der Waals surface area contributed by atoms with Gasteiger partial charge in [-0.05, 0) is 19.1 Å². The van der Waals surface area contributed by atoms with Gasteiger partial charge in [-0.1, -0.05) is 0 Å². The average Bonchev–Trinajstić information content (AvgIpc) is 2.95. The van der Waals surface area contributed by atoms with Crippen LogP contribution >= 0.6 is 0 Å². The largest absolute Gasteiger partial charge is 0.478 e. The first-order valence-electron chi connectivity index (χ1n) is 5.92. The van der Waals surface area contributed by atoms with Crippen LogP contribution in [0.25, 0.3) is 0 Å². The first kappa shape index (κ1) is 14.6. The molecule has 21 heavy (non-hydrogen) atoms. The maximum atomic E-state index is 13.2. The molecule has 0 aliphatic heterocycles. The minimum atomic E-state index is -1.52. The van der Waals surface area contributed by atoms with E-state index in [1.54, 1.807) is 13.1 Å². The van der Waals surface area contributed by atoms with Crippen molar-refractivity contribution in [3.8, 4) is 0 Å². The third kappa shape index (κ3) is 3.04. The Morgan fingerprint density at radius 3 is 2.43 bits per heavy atom. The van der Waals surface area contributed by atoms with E-state index in [9.17, 15) is 18.4 Å². The van der Waals surface area contributed by atoms with E-state index in [1.807, 2.05) is 0 Å². The summed E-state index contributed by atoms with van der Waals surface area (Å²) in [4.78, 5) is 23.1. The molecular weight excluding hydrogens is 284 g/mol. The van der Waals surface area contributed by atoms with Crippen LogP contribution in [0.5, 0.6) is 0 Å². The van der Waals surface area contributed by atoms with Crippen molar-refractivity contribution < 1.29 is 23.5 Å². The molecule has 0 saturated carbocycles. The van der Waals surface area contributed by atoms with Crippen molar-refractivity contribution in [1.82, 2.24) is 15.5 Å². The summed E-state index contributed by atoms with van der Waals surface area (Å²) in [5.74, 6) is -4.96. The van der Waals surface area contributed by atoms with Gasteiger partial charge < -0.3 is 10.4 Å². The summed E-state index contributed by atoms with van der Waals surface area (Å²) < 4.78 is 26.3. The molecule has 0 spiro atoms. The molecule has 0 fully saturated rings. The van der Waals surface area contributed by atoms with Crippen molar-refractivity contribution in [2.75, 3.05) is 0 Å². The molecule has 6 nitrogen and oxygen atoms in total. The molecule has 0 aliphatic carbocycles. The maximum Gasteiger partial charge on any atom is 0.336 e. The lowest BCUT2D eigenvalue weighted by Crippen LogP contribution is -2.28. The van der Waals surface area contributed by atoms with Gasteiger partial charge in [0.1, 0.15) is 0 Å². The average molecular weight is 295 g/mol. The van der Waals surface area contributed by atoms with Crippen molar-refractivity contribution in [2.24, 2.45) is 0 Å². The Kier molecular flexibility index (Phi) is 3.97. The third-order valence-electron chi connectivity index (χ3n) is 2.90. The molecule has 0 aliphatic rings. The van der Waals surface area contributed by atoms with E-state index in [4.69, 9.17) is 5.11 Å². The van der Waals surface area contributed by atoms with Crippen molar-refractivity contribution in [3.63, 3.8) is 0 Å². The monoisotopic (exact) mass is 295 g/mol. The van der Waals surface area contributed by atoms with E-state index in [0.717, 1.165) is 0 Å². The molecule has 1 atom stereocenters. The van der Waals surface area contributed by atoms with Gasteiger partial charge in [-0.2, -0.15) is 5.10 Å². The molecule has 0 radical (unpaired) electrons. The number of amides is 1. The number of rotatable bonds is 4. The summed E-state index contributed by atoms with van der Waals surface area (Å²) in [5, 5.41) is 17.7. The molecule has 1 unspecified atom stereocenters. The Labute approximate surface area is 117 Å². The van der Waals surface area contributed by atoms with Crippen molar-refractivity contribution in [3.05, 3.63) is 52.9 Å². The molecule has 8 heteroatoms. The minimum Gasteiger partial charge on any atom is -0.478 e. The summed E-state index contributed by atoms with van der Waals surface area (Å²) in [6.45, 7) is 1.64. The number of aromatic nitrogens is 2. The molecule has 1 amide bonds. The second-order valence-corrected chi connectivity index (χ2v) is 4.34. The molecular formula is C13H11F2N3O3. The van der Waals surface area contributed by atoms with Crippen LogP contribution in [-0.4, -0.2) is 27.2 Å². The molecule has 2 rings (SSSR count). The van der Waals surface area contributed by atoms with Crippen molar-refractivity contribution in [1.29, 1.82) is 0 Å². The number of carbonyl (C=O) groups excluding carboxylic acids is 1. The highest BCUT2D eigenvalue weighted by atomic mass is 19.2. The van der Waals surface area contributed by atoms with Gasteiger partial charge in [0.15, 0.2) is 11.6 Å². The normalized spacial score (nSPS) is 12.0. The number of aromatic carboxylic acids is 1. The predicted molar refractivity (Wildman–Crippen MR) is 67.8 cm³/mol. The zero-order chi connectivity index (χ0) is 15.6. The lowest BCUT2D eigenvalue weighted by molar-refractivity contribution is 0.0689. The van der Waals surface area contributed by atoms with Crippen LogP contribution in [0.4, 0.5) is 8.78 Å². The molecule has 3 N–H and O–H groups in total. The van der Waals surface area contributed by atoms with E-state index >= 15 is 0 Å². The SMILES string of the molecule is CC(NC(=O)c1cc(F)c(F)cc1C(=O)O)c1cn[nH]c1. The van der Waals surface area contributed by atoms with E-state index < -0.39 is 40.7 Å². The number of halogens is 2. The second kappa shape index (κ2) is 5.70. The lowest BCUT2D eigenvalue weighted by Gasteiger charge is -2.13. The van der Waals surface area contributed by atoms with Crippen LogP contribution in [0.2, 0.25) is 0 Å². The van der Waals surface area contributed by atoms with Crippen LogP contribution < -0.4 is 5.32 Å². The van der Waals surface area contributed by atoms with E-state index in [0.29, 0.717) is 17.7 Å². The second-order valence-electron chi connectivity index (χ2n) is 4.34. The molecule has 1 heterocycles. The fourth-order valence-electron chi connectivity index (χ4n) is 1.77. The van der Waals surface area contributed by atoms with Gasteiger partial charge in [0.25, 0.3) is 5.91 Å². The highest BCUT2D eigenvalue weighted by molar-refractivity contribution is 6.04. The number of aromatic amines is 1. The summed E-state index contributed by atoms with van der Waals surface area (Å²) in [5.41, 5.74) is -0.398. The number of benzene rings is 1. The summed E-state index contributed by atoms with van der Waals surface area (Å²) in [6, 6.07) is 0.566. The highest BCUT2D eigenvalue weighted by Gasteiger charge is 2.22. The summed E-state index contributed by atoms with van der Waals surface area (Å²) in [7, 11) is 0. The third-order valence-corrected chi connectivity index (χ3v) is 2.90. The Morgan fingerprint density at radius 2 is 1.90 bits per heavy atom. The van der Waals surface area contributed by atoms with Crippen LogP contribution in [0.15, 0.2) is 24.5 Å². The molecule has 0 saturated heterocycles. The van der Waals surface area contributed by atoms with Gasteiger partial charge >= 0.3 is 5.97 Å². The maximum absolute atomic E-state index is 13.2. The van der Waals surface area contributed by atoms with Gasteiger partial charge in [-0.25, -0.2) is 13.6 Å². The van der Waals surface area contributed by atoms with Gasteiger partial charge in [0.2, 0.25) is 0 Å². The molecule has 110 valence electrons. The minimum absolute atomic E-state index is 0.447. The standard InChI is InChI=1S/C13H11F2N3O3/c1-6(7-4-16-17-5-7)18-12(19)8-2-10(14)11(15)3-9(8)13(20)21/h2-6H,1H3,(H,16,17)(H,18,19)(H,20,21). The number of nitrogens with one attached hydrogen (secondary N) is 2. The number of carboxylic acid groups (broad SMARTS) is 1. The van der Waals surface area contributed by atoms with Gasteiger partial charge in [0, 0.05) is 11.8 Å². The smallest absolute Gasteiger partial charge is 0.336 e. The molecule has 0 bridgehead atoms. The first-order chi connectivity index (χ1) is 9.90. The van der Waals surface area contributed by atoms with Crippen LogP contribution in [0.1, 0.15) is 39.2 Å². The fraction of sp³-hybridized carbons (Fsp3) is 0.154. The predicted octanol–water partition coefficient (Wildman–Crippen LogP) is 1.88. The lowest BCUT2D eigenvalue weighted by atomic mass is 10.1. The quantitative estimate of drug-likeness (QED) is 0.802. The zero-order valence-electron chi connectivity index (χ0n) is 10.9. The number of carboxylic acids is 1. The van der Waals surface area contributed by atoms with Crippen molar-refractivity contribution >= 4 is 11.9 Å². The summed E-state index contributed by atoms with van der Waals surface area (Å²) >= 11 is 0. The highest BCUT2D eigenvalue weighted by Crippen LogP contribution is 2.17. The number of hydrogen-bond donors (Lipinski definition) is 3. The Bertz CT molecular complexity index is 686. The number of H-pyrrole nitrogens is 1. The van der Waals surface area contributed by atoms with Crippen molar-refractivity contribution in [2.45, 2.75) is 13.0 Å². The Balaban J connectivity index is 2.30. The fourth-order valence-corrected chi connectivity index (χ4v) is 1.77. The molecule has 1 aromatic carbocycles. The van der Waals surface area contributed by atoms with E-state index in [-0.39, 0.29) is 0 Å². The van der Waals surface area contributed by atoms with Crippen LogP contribution in [-0.2, 0) is 0 Å². The van der Waals surface area contributed by atoms with E-state index in [2.05, 4.69) is 15.5 Å². The topological polar surface area (TPSA) is 95.1 Å². The number of hydrogen-bond acceptors (Lipinski definition) is 3. The zero-order valence-corrected chi connectivity index (χ0v) is 10.9. The number of nitrogens with zero attached hydrogens (tertiary/aromatic N) is 1. The Hall–Kier alpha value is -2.77. The van der Waals surface area contributed by atoms with Crippen LogP contribution in [0, 0.1) is 11.6 Å². The summed E-state index contributed by atoms with van der Waals surface area (Å²) in [6.07, 6.45) is 3.03. The van der Waals surface area contributed by atoms with Gasteiger partial charge in [-0.3, -0.25) is 9.89 Å². The first-order valence-corrected chi connectivity index (χ1v) is 5.92. The molecule has 2 aromatic rings. The van der Waals surface area contributed by atoms with Crippen LogP contribution in [0.3, 0.4) is 0 Å².